The van der Waals surface area contributed by atoms with E-state index in [-0.39, 0.29) is 12.0 Å². The maximum Gasteiger partial charge on any atom is 0.416 e. The molecular formula is C33H40F3NO5. The number of aryl methyl sites for hydroxylation is 1. The van der Waals surface area contributed by atoms with E-state index < -0.39 is 41.4 Å². The van der Waals surface area contributed by atoms with Crippen LogP contribution in [0.25, 0.3) is 5.57 Å². The van der Waals surface area contributed by atoms with E-state index in [1.54, 1.807) is 45.8 Å². The van der Waals surface area contributed by atoms with Crippen LogP contribution >= 0.6 is 0 Å². The van der Waals surface area contributed by atoms with Gasteiger partial charge in [0.15, 0.2) is 0 Å². The molecule has 1 N–H and O–H groups in total. The number of hydrogen-bond acceptors (Lipinski definition) is 4. The number of carbonyl (C=O) groups is 2. The fourth-order valence-electron chi connectivity index (χ4n) is 6.08. The van der Waals surface area contributed by atoms with E-state index in [1.165, 1.54) is 0 Å². The van der Waals surface area contributed by atoms with Gasteiger partial charge >= 0.3 is 18.2 Å². The third kappa shape index (κ3) is 6.60. The van der Waals surface area contributed by atoms with Crippen LogP contribution in [0.1, 0.15) is 87.8 Å². The Morgan fingerprint density at radius 1 is 1.17 bits per heavy atom. The lowest BCUT2D eigenvalue weighted by atomic mass is 9.72. The van der Waals surface area contributed by atoms with Gasteiger partial charge in [0.05, 0.1) is 24.1 Å². The van der Waals surface area contributed by atoms with Crippen molar-refractivity contribution < 1.29 is 37.3 Å². The molecule has 0 spiro atoms. The Hall–Kier alpha value is -3.49. The molecule has 1 heterocycles. The zero-order valence-electron chi connectivity index (χ0n) is 25.3. The number of hydrogen-bond donors (Lipinski definition) is 1. The minimum atomic E-state index is -4.51. The Balaban J connectivity index is 1.72. The van der Waals surface area contributed by atoms with E-state index in [0.717, 1.165) is 47.2 Å². The number of carbonyl (C=O) groups excluding carboxylic acids is 1. The lowest BCUT2D eigenvalue weighted by Crippen LogP contribution is -2.35. The average Bonchev–Trinajstić information content (AvgIpc) is 3.15. The molecular weight excluding hydrogens is 547 g/mol. The number of carboxylic acids is 1. The number of allylic oxidation sites excluding steroid dienone is 1. The molecule has 4 rings (SSSR count). The molecule has 42 heavy (non-hydrogen) atoms. The SMILES string of the molecule is COc1ccc(CC(C)(C)C(=O)O)cc1C1=C(CN2C(=O)O[C@H](c3cc(C)cc(C(F)(F)F)c3)[C@@H]2C)CC(C)(C)CC1. The molecule has 1 amide bonds. The van der Waals surface area contributed by atoms with Crippen LogP contribution in [0.3, 0.4) is 0 Å². The highest BCUT2D eigenvalue weighted by Crippen LogP contribution is 2.46. The maximum atomic E-state index is 13.5. The van der Waals surface area contributed by atoms with Crippen molar-refractivity contribution in [3.05, 3.63) is 69.8 Å². The van der Waals surface area contributed by atoms with Crippen molar-refractivity contribution in [3.8, 4) is 5.75 Å². The van der Waals surface area contributed by atoms with E-state index in [0.29, 0.717) is 29.7 Å². The van der Waals surface area contributed by atoms with Gasteiger partial charge in [0, 0.05) is 12.1 Å². The topological polar surface area (TPSA) is 76.1 Å². The number of nitrogens with zero attached hydrogens (tertiary/aromatic N) is 1. The summed E-state index contributed by atoms with van der Waals surface area (Å²) in [6.45, 7) is 11.4. The number of rotatable bonds is 8. The number of alkyl halides is 3. The highest BCUT2D eigenvalue weighted by atomic mass is 19.4. The first-order chi connectivity index (χ1) is 19.4. The monoisotopic (exact) mass is 587 g/mol. The third-order valence-corrected chi connectivity index (χ3v) is 8.49. The molecule has 2 aromatic carbocycles. The molecule has 1 aliphatic heterocycles. The predicted octanol–water partition coefficient (Wildman–Crippen LogP) is 8.22. The van der Waals surface area contributed by atoms with Crippen molar-refractivity contribution in [3.63, 3.8) is 0 Å². The summed E-state index contributed by atoms with van der Waals surface area (Å²) in [4.78, 5) is 26.6. The maximum absolute atomic E-state index is 13.5. The lowest BCUT2D eigenvalue weighted by Gasteiger charge is -2.36. The number of ether oxygens (including phenoxy) is 2. The summed E-state index contributed by atoms with van der Waals surface area (Å²) in [5, 5.41) is 9.66. The number of cyclic esters (lactones) is 1. The fraction of sp³-hybridized carbons (Fsp3) is 0.515. The second-order valence-corrected chi connectivity index (χ2v) is 13.1. The van der Waals surface area contributed by atoms with Crippen LogP contribution in [-0.4, -0.2) is 41.8 Å². The van der Waals surface area contributed by atoms with Gasteiger partial charge in [0.1, 0.15) is 11.9 Å². The van der Waals surface area contributed by atoms with E-state index in [4.69, 9.17) is 9.47 Å². The highest BCUT2D eigenvalue weighted by molar-refractivity contribution is 5.78. The first kappa shape index (κ1) is 31.4. The molecule has 0 saturated carbocycles. The quantitative estimate of drug-likeness (QED) is 0.337. The number of methoxy groups -OCH3 is 1. The zero-order valence-corrected chi connectivity index (χ0v) is 25.3. The second-order valence-electron chi connectivity index (χ2n) is 13.1. The Bertz CT molecular complexity index is 1410. The second kappa shape index (κ2) is 11.3. The first-order valence-corrected chi connectivity index (χ1v) is 14.2. The summed E-state index contributed by atoms with van der Waals surface area (Å²) in [6.07, 6.45) is -3.23. The van der Waals surface area contributed by atoms with E-state index in [1.807, 2.05) is 18.2 Å². The summed E-state index contributed by atoms with van der Waals surface area (Å²) in [6, 6.07) is 9.00. The van der Waals surface area contributed by atoms with Crippen LogP contribution in [0.15, 0.2) is 42.0 Å². The summed E-state index contributed by atoms with van der Waals surface area (Å²) >= 11 is 0. The predicted molar refractivity (Wildman–Crippen MR) is 154 cm³/mol. The Labute approximate surface area is 245 Å². The largest absolute Gasteiger partial charge is 0.496 e. The van der Waals surface area contributed by atoms with Crippen molar-refractivity contribution in [1.29, 1.82) is 0 Å². The molecule has 1 aliphatic carbocycles. The Kier molecular flexibility index (Phi) is 8.46. The van der Waals surface area contributed by atoms with Crippen molar-refractivity contribution >= 4 is 17.6 Å². The summed E-state index contributed by atoms with van der Waals surface area (Å²) in [7, 11) is 1.59. The molecule has 2 aromatic rings. The molecule has 1 saturated heterocycles. The standard InChI is InChI=1S/C33H40F3NO5/c1-19-12-22(15-24(13-19)33(34,35)36)28-20(2)37(30(40)42-28)18-23-17-31(3,4)11-10-25(23)26-14-21(8-9-27(26)41-7)16-32(5,6)29(38)39/h8-9,12-15,20,28H,10-11,16-18H2,1-7H3,(H,38,39)/t20-,28-/m0/s1. The molecule has 2 aliphatic rings. The summed E-state index contributed by atoms with van der Waals surface area (Å²) in [5.74, 6) is -0.223. The van der Waals surface area contributed by atoms with E-state index >= 15 is 0 Å². The van der Waals surface area contributed by atoms with Gasteiger partial charge in [0.25, 0.3) is 0 Å². The van der Waals surface area contributed by atoms with Gasteiger partial charge in [0.2, 0.25) is 0 Å². The fourth-order valence-corrected chi connectivity index (χ4v) is 6.08. The van der Waals surface area contributed by atoms with Crippen LogP contribution in [0.2, 0.25) is 0 Å². The molecule has 9 heteroatoms. The normalized spacial score (nSPS) is 21.0. The lowest BCUT2D eigenvalue weighted by molar-refractivity contribution is -0.146. The van der Waals surface area contributed by atoms with E-state index in [2.05, 4.69) is 13.8 Å². The number of carboxylic acid groups (broad SMARTS) is 1. The Morgan fingerprint density at radius 2 is 1.86 bits per heavy atom. The minimum absolute atomic E-state index is 0.0284. The number of amides is 1. The van der Waals surface area contributed by atoms with Crippen LogP contribution in [0, 0.1) is 17.8 Å². The Morgan fingerprint density at radius 3 is 2.48 bits per heavy atom. The zero-order chi connectivity index (χ0) is 31.2. The van der Waals surface area contributed by atoms with Crippen LogP contribution in [0.4, 0.5) is 18.0 Å². The summed E-state index contributed by atoms with van der Waals surface area (Å²) < 4.78 is 52.0. The average molecular weight is 588 g/mol. The van der Waals surface area contributed by atoms with Crippen LogP contribution in [0.5, 0.6) is 5.75 Å². The molecule has 0 radical (unpaired) electrons. The van der Waals surface area contributed by atoms with Gasteiger partial charge in [-0.15, -0.1) is 0 Å². The number of aliphatic carboxylic acids is 1. The number of benzene rings is 2. The van der Waals surface area contributed by atoms with Gasteiger partial charge in [-0.3, -0.25) is 9.69 Å². The van der Waals surface area contributed by atoms with Gasteiger partial charge in [-0.2, -0.15) is 13.2 Å². The van der Waals surface area contributed by atoms with Gasteiger partial charge in [-0.1, -0.05) is 31.5 Å². The molecule has 1 fully saturated rings. The molecule has 6 nitrogen and oxygen atoms in total. The summed E-state index contributed by atoms with van der Waals surface area (Å²) in [5.41, 5.74) is 2.82. The molecule has 0 unspecified atom stereocenters. The van der Waals surface area contributed by atoms with Crippen LogP contribution in [-0.2, 0) is 22.1 Å². The van der Waals surface area contributed by atoms with Gasteiger partial charge in [-0.05, 0) is 105 Å². The molecule has 228 valence electrons. The van der Waals surface area contributed by atoms with E-state index in [9.17, 15) is 27.9 Å². The van der Waals surface area contributed by atoms with Gasteiger partial charge < -0.3 is 14.6 Å². The van der Waals surface area contributed by atoms with Crippen molar-refractivity contribution in [2.24, 2.45) is 10.8 Å². The minimum Gasteiger partial charge on any atom is -0.496 e. The van der Waals surface area contributed by atoms with Crippen LogP contribution < -0.4 is 4.74 Å². The van der Waals surface area contributed by atoms with Crippen molar-refractivity contribution in [2.75, 3.05) is 13.7 Å². The smallest absolute Gasteiger partial charge is 0.416 e. The molecule has 2 atom stereocenters. The molecule has 0 aromatic heterocycles. The van der Waals surface area contributed by atoms with Gasteiger partial charge in [-0.25, -0.2) is 4.79 Å². The molecule has 0 bridgehead atoms. The number of halogens is 3. The third-order valence-electron chi connectivity index (χ3n) is 8.49. The van der Waals surface area contributed by atoms with Crippen molar-refractivity contribution in [1.82, 2.24) is 4.90 Å². The van der Waals surface area contributed by atoms with Crippen molar-refractivity contribution in [2.45, 2.75) is 85.5 Å². The highest BCUT2D eigenvalue weighted by Gasteiger charge is 2.42. The first-order valence-electron chi connectivity index (χ1n) is 14.2.